The fourth-order valence-electron chi connectivity index (χ4n) is 7.88. The minimum absolute atomic E-state index is 0. The van der Waals surface area contributed by atoms with E-state index in [0.717, 1.165) is 87.6 Å². The molecular formula is C53H38O7. The molecule has 0 fully saturated rings. The Morgan fingerprint density at radius 1 is 0.250 bits per heavy atom. The van der Waals surface area contributed by atoms with Crippen LogP contribution < -0.4 is 0 Å². The van der Waals surface area contributed by atoms with E-state index in [9.17, 15) is 19.2 Å². The largest absolute Gasteiger partial charge is 0.412 e. The molecule has 0 saturated carbocycles. The van der Waals surface area contributed by atoms with Crippen LogP contribution in [0.3, 0.4) is 0 Å². The van der Waals surface area contributed by atoms with Crippen LogP contribution in [0.15, 0.2) is 170 Å². The van der Waals surface area contributed by atoms with E-state index in [2.05, 4.69) is 0 Å². The van der Waals surface area contributed by atoms with Crippen LogP contribution in [0.1, 0.15) is 63.7 Å². The Bertz CT molecular complexity index is 2690. The number of benzene rings is 8. The molecule has 4 aliphatic carbocycles. The van der Waals surface area contributed by atoms with Crippen molar-refractivity contribution in [3.05, 3.63) is 214 Å². The number of carbonyl (C=O) groups is 5. The SMILES string of the molecule is C=O.O.O.O=C1C=Cc2cccc3cccc1c23.O=C1C=Cc2cccc3cccc1c23.O=C1C=Cc2cccc3cccc1c23.O=C1C=Cc2cccc3cccc1c23. The summed E-state index contributed by atoms with van der Waals surface area (Å²) in [4.78, 5) is 54.3. The number of hydrogen-bond acceptors (Lipinski definition) is 5. The summed E-state index contributed by atoms with van der Waals surface area (Å²) in [6, 6.07) is 47.8. The molecule has 0 spiro atoms. The van der Waals surface area contributed by atoms with Crippen LogP contribution >= 0.6 is 0 Å². The van der Waals surface area contributed by atoms with Crippen molar-refractivity contribution >= 4 is 97.3 Å². The first-order valence-electron chi connectivity index (χ1n) is 18.7. The maximum atomic E-state index is 11.6. The predicted octanol–water partition coefficient (Wildman–Crippen LogP) is 10.4. The average Bonchev–Trinajstić information content (AvgIpc) is 3.28. The number of carbonyl (C=O) groups excluding carboxylic acids is 5. The van der Waals surface area contributed by atoms with Gasteiger partial charge in [0.1, 0.15) is 6.79 Å². The van der Waals surface area contributed by atoms with E-state index in [1.165, 1.54) is 0 Å². The van der Waals surface area contributed by atoms with Gasteiger partial charge in [-0.1, -0.05) is 170 Å². The summed E-state index contributed by atoms with van der Waals surface area (Å²) in [5, 5.41) is 8.89. The lowest BCUT2D eigenvalue weighted by Crippen LogP contribution is -2.00. The molecule has 0 aliphatic heterocycles. The molecule has 0 unspecified atom stereocenters. The quantitative estimate of drug-likeness (QED) is 0.150. The molecule has 0 radical (unpaired) electrons. The first-order chi connectivity index (χ1) is 28.4. The van der Waals surface area contributed by atoms with Crippen LogP contribution in [0.25, 0.3) is 67.4 Å². The third-order valence-electron chi connectivity index (χ3n) is 10.5. The second-order valence-corrected chi connectivity index (χ2v) is 13.8. The van der Waals surface area contributed by atoms with Gasteiger partial charge in [-0.15, -0.1) is 0 Å². The molecule has 4 N–H and O–H groups in total. The monoisotopic (exact) mass is 786 g/mol. The molecule has 292 valence electrons. The van der Waals surface area contributed by atoms with Crippen molar-refractivity contribution < 1.29 is 34.9 Å². The van der Waals surface area contributed by atoms with E-state index in [-0.39, 0.29) is 34.1 Å². The van der Waals surface area contributed by atoms with Gasteiger partial charge in [0, 0.05) is 43.8 Å². The molecular weight excluding hydrogens is 749 g/mol. The summed E-state index contributed by atoms with van der Waals surface area (Å²) in [5.41, 5.74) is 7.83. The molecule has 8 aromatic carbocycles. The minimum Gasteiger partial charge on any atom is -0.412 e. The average molecular weight is 787 g/mol. The molecule has 4 aliphatic rings. The number of rotatable bonds is 0. The van der Waals surface area contributed by atoms with Crippen molar-refractivity contribution in [2.75, 3.05) is 0 Å². The number of hydrogen-bond donors (Lipinski definition) is 0. The van der Waals surface area contributed by atoms with E-state index < -0.39 is 0 Å². The Hall–Kier alpha value is -7.97. The first-order valence-corrected chi connectivity index (χ1v) is 18.7. The highest BCUT2D eigenvalue weighted by atomic mass is 16.1. The maximum absolute atomic E-state index is 11.6. The lowest BCUT2D eigenvalue weighted by Gasteiger charge is -2.10. The van der Waals surface area contributed by atoms with Gasteiger partial charge in [0.25, 0.3) is 0 Å². The lowest BCUT2D eigenvalue weighted by atomic mass is 9.92. The van der Waals surface area contributed by atoms with Crippen molar-refractivity contribution in [2.45, 2.75) is 0 Å². The van der Waals surface area contributed by atoms with Gasteiger partial charge in [-0.2, -0.15) is 0 Å². The van der Waals surface area contributed by atoms with Crippen LogP contribution in [0, 0.1) is 0 Å². The summed E-state index contributed by atoms with van der Waals surface area (Å²) in [6.07, 6.45) is 14.1. The second-order valence-electron chi connectivity index (χ2n) is 13.8. The fraction of sp³-hybridized carbons (Fsp3) is 0. The summed E-state index contributed by atoms with van der Waals surface area (Å²) < 4.78 is 0. The molecule has 0 heterocycles. The van der Waals surface area contributed by atoms with Gasteiger partial charge in [-0.05, 0) is 68.1 Å². The Balaban J connectivity index is 0.000000131. The van der Waals surface area contributed by atoms with Gasteiger partial charge in [0.05, 0.1) is 0 Å². The third-order valence-corrected chi connectivity index (χ3v) is 10.5. The smallest absolute Gasteiger partial charge is 0.186 e. The van der Waals surface area contributed by atoms with Gasteiger partial charge >= 0.3 is 0 Å². The van der Waals surface area contributed by atoms with Crippen LogP contribution in [0.4, 0.5) is 0 Å². The molecule has 7 heteroatoms. The molecule has 60 heavy (non-hydrogen) atoms. The van der Waals surface area contributed by atoms with Crippen LogP contribution in [-0.2, 0) is 4.79 Å². The maximum Gasteiger partial charge on any atom is 0.186 e. The minimum atomic E-state index is 0. The zero-order valence-electron chi connectivity index (χ0n) is 32.2. The highest BCUT2D eigenvalue weighted by Gasteiger charge is 2.16. The molecule has 0 atom stereocenters. The van der Waals surface area contributed by atoms with Crippen LogP contribution in [-0.4, -0.2) is 40.9 Å². The van der Waals surface area contributed by atoms with E-state index in [0.29, 0.717) is 0 Å². The van der Waals surface area contributed by atoms with E-state index in [1.807, 2.05) is 177 Å². The summed E-state index contributed by atoms with van der Waals surface area (Å²) in [5.74, 6) is 0.423. The Morgan fingerprint density at radius 3 is 0.633 bits per heavy atom. The second kappa shape index (κ2) is 18.1. The molecule has 0 bridgehead atoms. The Kier molecular flexibility index (Phi) is 12.6. The summed E-state index contributed by atoms with van der Waals surface area (Å²) in [6.45, 7) is 2.00. The van der Waals surface area contributed by atoms with Crippen molar-refractivity contribution in [2.24, 2.45) is 0 Å². The van der Waals surface area contributed by atoms with Gasteiger partial charge in [-0.3, -0.25) is 19.2 Å². The molecule has 8 aromatic rings. The predicted molar refractivity (Wildman–Crippen MR) is 244 cm³/mol. The van der Waals surface area contributed by atoms with Gasteiger partial charge in [0.2, 0.25) is 0 Å². The van der Waals surface area contributed by atoms with Gasteiger partial charge in [0.15, 0.2) is 23.1 Å². The zero-order valence-corrected chi connectivity index (χ0v) is 32.2. The summed E-state index contributed by atoms with van der Waals surface area (Å²) >= 11 is 0. The molecule has 0 aromatic heterocycles. The molecule has 12 rings (SSSR count). The Morgan fingerprint density at radius 2 is 0.433 bits per heavy atom. The standard InChI is InChI=1S/4C13H8O.CH2O.2H2O/c4*14-12-8-7-10-4-1-3-9-5-2-6-11(12)13(9)10;1-2;;/h4*1-8H;1H2;2*1H2. The topological polar surface area (TPSA) is 148 Å². The van der Waals surface area contributed by atoms with Crippen molar-refractivity contribution in [1.29, 1.82) is 0 Å². The van der Waals surface area contributed by atoms with Crippen molar-refractivity contribution in [3.8, 4) is 0 Å². The molecule has 0 saturated heterocycles. The van der Waals surface area contributed by atoms with Gasteiger partial charge in [-0.25, -0.2) is 0 Å². The lowest BCUT2D eigenvalue weighted by molar-refractivity contribution is -0.0980. The van der Waals surface area contributed by atoms with Crippen molar-refractivity contribution in [1.82, 2.24) is 0 Å². The zero-order chi connectivity index (χ0) is 40.2. The van der Waals surface area contributed by atoms with Crippen LogP contribution in [0.2, 0.25) is 0 Å². The normalized spacial score (nSPS) is 12.7. The summed E-state index contributed by atoms with van der Waals surface area (Å²) in [7, 11) is 0. The van der Waals surface area contributed by atoms with Crippen molar-refractivity contribution in [3.63, 3.8) is 0 Å². The highest BCUT2D eigenvalue weighted by Crippen LogP contribution is 2.31. The number of allylic oxidation sites excluding steroid dienone is 4. The number of ketones is 4. The fourth-order valence-corrected chi connectivity index (χ4v) is 7.88. The van der Waals surface area contributed by atoms with Crippen LogP contribution in [0.5, 0.6) is 0 Å². The van der Waals surface area contributed by atoms with E-state index >= 15 is 0 Å². The van der Waals surface area contributed by atoms with E-state index in [4.69, 9.17) is 4.79 Å². The highest BCUT2D eigenvalue weighted by molar-refractivity contribution is 6.22. The first kappa shape index (κ1) is 41.7. The van der Waals surface area contributed by atoms with Gasteiger partial charge < -0.3 is 15.7 Å². The Labute approximate surface area is 345 Å². The molecule has 7 nitrogen and oxygen atoms in total. The third kappa shape index (κ3) is 7.82. The molecule has 0 amide bonds. The van der Waals surface area contributed by atoms with E-state index in [1.54, 1.807) is 24.3 Å².